The molecular formula is C28H30N2O2. The summed E-state index contributed by atoms with van der Waals surface area (Å²) in [7, 11) is 0. The Balaban J connectivity index is 1.27. The highest BCUT2D eigenvalue weighted by atomic mass is 16.2. The summed E-state index contributed by atoms with van der Waals surface area (Å²) in [4.78, 5) is 25.1. The van der Waals surface area contributed by atoms with Gasteiger partial charge in [0, 0.05) is 18.4 Å². The molecule has 32 heavy (non-hydrogen) atoms. The minimum Gasteiger partial charge on any atom is -0.350 e. The van der Waals surface area contributed by atoms with E-state index >= 15 is 0 Å². The second-order valence-corrected chi connectivity index (χ2v) is 9.40. The van der Waals surface area contributed by atoms with Crippen LogP contribution in [-0.2, 0) is 22.4 Å². The monoisotopic (exact) mass is 426 g/mol. The molecule has 2 amide bonds. The van der Waals surface area contributed by atoms with Crippen LogP contribution in [0.2, 0.25) is 0 Å². The van der Waals surface area contributed by atoms with Crippen LogP contribution in [0.3, 0.4) is 0 Å². The van der Waals surface area contributed by atoms with E-state index in [2.05, 4.69) is 65.2 Å². The molecule has 164 valence electrons. The Hall–Kier alpha value is -3.14. The fraction of sp³-hybridized carbons (Fsp3) is 0.357. The van der Waals surface area contributed by atoms with Gasteiger partial charge in [0.05, 0.1) is 6.04 Å². The summed E-state index contributed by atoms with van der Waals surface area (Å²) in [5.74, 6) is 0.165. The second kappa shape index (κ2) is 8.78. The number of rotatable bonds is 6. The van der Waals surface area contributed by atoms with Gasteiger partial charge >= 0.3 is 0 Å². The molecule has 2 atom stereocenters. The molecule has 0 unspecified atom stereocenters. The average Bonchev–Trinajstić information content (AvgIpc) is 3.18. The van der Waals surface area contributed by atoms with Crippen LogP contribution in [-0.4, -0.2) is 17.4 Å². The SMILES string of the molecule is O=C(CC[C@@]1(Cc2ccc3ccccc3c2)CCC(=O)N1)N[C@@H]1CCCc2ccccc21. The molecule has 2 N–H and O–H groups in total. The minimum absolute atomic E-state index is 0.0748. The number of aryl methyl sites for hydroxylation is 1. The largest absolute Gasteiger partial charge is 0.350 e. The van der Waals surface area contributed by atoms with Crippen molar-refractivity contribution in [3.63, 3.8) is 0 Å². The van der Waals surface area contributed by atoms with Gasteiger partial charge in [0.15, 0.2) is 0 Å². The number of hydrogen-bond acceptors (Lipinski definition) is 2. The van der Waals surface area contributed by atoms with Crippen molar-refractivity contribution in [1.82, 2.24) is 10.6 Å². The van der Waals surface area contributed by atoms with Crippen molar-refractivity contribution in [3.05, 3.63) is 83.4 Å². The summed E-state index contributed by atoms with van der Waals surface area (Å²) in [5.41, 5.74) is 3.46. The topological polar surface area (TPSA) is 58.2 Å². The highest BCUT2D eigenvalue weighted by Crippen LogP contribution is 2.32. The van der Waals surface area contributed by atoms with Crippen molar-refractivity contribution in [3.8, 4) is 0 Å². The molecule has 1 heterocycles. The average molecular weight is 427 g/mol. The van der Waals surface area contributed by atoms with Crippen molar-refractivity contribution >= 4 is 22.6 Å². The lowest BCUT2D eigenvalue weighted by molar-refractivity contribution is -0.123. The standard InChI is InChI=1S/C28H30N2O2/c31-26(29-25-11-5-9-22-7-3-4-10-24(22)25)14-16-28(17-15-27(32)30-28)19-20-12-13-21-6-1-2-8-23(21)18-20/h1-4,6-8,10,12-13,18,25H,5,9,11,14-17,19H2,(H,29,31)(H,30,32)/t25-,28+/m1/s1. The normalized spacial score (nSPS) is 22.4. The Morgan fingerprint density at radius 3 is 2.66 bits per heavy atom. The van der Waals surface area contributed by atoms with Crippen LogP contribution in [0.5, 0.6) is 0 Å². The highest BCUT2D eigenvalue weighted by Gasteiger charge is 2.38. The van der Waals surface area contributed by atoms with Crippen LogP contribution in [0, 0.1) is 0 Å². The van der Waals surface area contributed by atoms with Crippen molar-refractivity contribution < 1.29 is 9.59 Å². The van der Waals surface area contributed by atoms with Crippen LogP contribution in [0.4, 0.5) is 0 Å². The Morgan fingerprint density at radius 1 is 1.00 bits per heavy atom. The van der Waals surface area contributed by atoms with Crippen LogP contribution in [0.1, 0.15) is 61.3 Å². The maximum Gasteiger partial charge on any atom is 0.220 e. The fourth-order valence-corrected chi connectivity index (χ4v) is 5.44. The van der Waals surface area contributed by atoms with Crippen molar-refractivity contribution in [2.24, 2.45) is 0 Å². The first-order valence-corrected chi connectivity index (χ1v) is 11.8. The van der Waals surface area contributed by atoms with E-state index in [4.69, 9.17) is 0 Å². The van der Waals surface area contributed by atoms with E-state index in [0.717, 1.165) is 32.1 Å². The Labute approximate surface area is 189 Å². The first kappa shape index (κ1) is 20.7. The fourth-order valence-electron chi connectivity index (χ4n) is 5.44. The zero-order chi connectivity index (χ0) is 22.0. The summed E-state index contributed by atoms with van der Waals surface area (Å²) in [6.45, 7) is 0. The lowest BCUT2D eigenvalue weighted by Gasteiger charge is -2.30. The molecule has 0 aromatic heterocycles. The van der Waals surface area contributed by atoms with Gasteiger partial charge in [-0.05, 0) is 66.0 Å². The van der Waals surface area contributed by atoms with Crippen LogP contribution in [0.25, 0.3) is 10.8 Å². The van der Waals surface area contributed by atoms with E-state index in [-0.39, 0.29) is 23.4 Å². The Kier molecular flexibility index (Phi) is 5.69. The van der Waals surface area contributed by atoms with E-state index in [1.54, 1.807) is 0 Å². The summed E-state index contributed by atoms with van der Waals surface area (Å²) in [6.07, 6.45) is 6.32. The first-order chi connectivity index (χ1) is 15.6. The van der Waals surface area contributed by atoms with Gasteiger partial charge in [0.25, 0.3) is 0 Å². The molecule has 5 rings (SSSR count). The number of carbonyl (C=O) groups excluding carboxylic acids is 2. The second-order valence-electron chi connectivity index (χ2n) is 9.40. The molecule has 3 aromatic rings. The molecule has 4 nitrogen and oxygen atoms in total. The Bertz CT molecular complexity index is 1150. The van der Waals surface area contributed by atoms with Gasteiger partial charge in [-0.15, -0.1) is 0 Å². The first-order valence-electron chi connectivity index (χ1n) is 11.8. The number of carbonyl (C=O) groups is 2. The zero-order valence-electron chi connectivity index (χ0n) is 18.4. The van der Waals surface area contributed by atoms with Crippen LogP contribution < -0.4 is 10.6 Å². The lowest BCUT2D eigenvalue weighted by atomic mass is 9.84. The third kappa shape index (κ3) is 4.40. The van der Waals surface area contributed by atoms with Gasteiger partial charge in [-0.3, -0.25) is 9.59 Å². The quantitative estimate of drug-likeness (QED) is 0.582. The van der Waals surface area contributed by atoms with Crippen molar-refractivity contribution in [1.29, 1.82) is 0 Å². The van der Waals surface area contributed by atoms with Crippen molar-refractivity contribution in [2.45, 2.75) is 62.9 Å². The molecule has 0 radical (unpaired) electrons. The van der Waals surface area contributed by atoms with Gasteiger partial charge < -0.3 is 10.6 Å². The predicted octanol–water partition coefficient (Wildman–Crippen LogP) is 5.01. The number of benzene rings is 3. The maximum absolute atomic E-state index is 12.9. The molecule has 1 aliphatic heterocycles. The van der Waals surface area contributed by atoms with Crippen LogP contribution >= 0.6 is 0 Å². The molecule has 1 aliphatic carbocycles. The predicted molar refractivity (Wildman–Crippen MR) is 127 cm³/mol. The van der Waals surface area contributed by atoms with Crippen molar-refractivity contribution in [2.75, 3.05) is 0 Å². The summed E-state index contributed by atoms with van der Waals surface area (Å²) in [5, 5.41) is 8.91. The molecule has 0 saturated carbocycles. The van der Waals surface area contributed by atoms with Gasteiger partial charge in [0.1, 0.15) is 0 Å². The van der Waals surface area contributed by atoms with Gasteiger partial charge in [0.2, 0.25) is 11.8 Å². The zero-order valence-corrected chi connectivity index (χ0v) is 18.4. The maximum atomic E-state index is 12.9. The number of fused-ring (bicyclic) bond motifs is 2. The summed E-state index contributed by atoms with van der Waals surface area (Å²) >= 11 is 0. The van der Waals surface area contributed by atoms with E-state index in [1.165, 1.54) is 27.5 Å². The number of nitrogens with one attached hydrogen (secondary N) is 2. The van der Waals surface area contributed by atoms with Gasteiger partial charge in [-0.2, -0.15) is 0 Å². The van der Waals surface area contributed by atoms with E-state index in [9.17, 15) is 9.59 Å². The van der Waals surface area contributed by atoms with E-state index in [1.807, 2.05) is 12.1 Å². The third-order valence-corrected chi connectivity index (χ3v) is 7.13. The van der Waals surface area contributed by atoms with Gasteiger partial charge in [-0.1, -0.05) is 66.7 Å². The van der Waals surface area contributed by atoms with E-state index < -0.39 is 0 Å². The summed E-state index contributed by atoms with van der Waals surface area (Å²) in [6, 6.07) is 23.3. The third-order valence-electron chi connectivity index (χ3n) is 7.13. The molecule has 4 heteroatoms. The molecule has 2 aliphatic rings. The smallest absolute Gasteiger partial charge is 0.220 e. The van der Waals surface area contributed by atoms with E-state index in [0.29, 0.717) is 19.3 Å². The Morgan fingerprint density at radius 2 is 1.81 bits per heavy atom. The van der Waals surface area contributed by atoms with Gasteiger partial charge in [-0.25, -0.2) is 0 Å². The number of hydrogen-bond donors (Lipinski definition) is 2. The minimum atomic E-state index is -0.346. The molecule has 1 saturated heterocycles. The van der Waals surface area contributed by atoms with Crippen LogP contribution in [0.15, 0.2) is 66.7 Å². The molecule has 0 spiro atoms. The summed E-state index contributed by atoms with van der Waals surface area (Å²) < 4.78 is 0. The molecular weight excluding hydrogens is 396 g/mol. The molecule has 3 aromatic carbocycles. The number of amides is 2. The highest BCUT2D eigenvalue weighted by molar-refractivity contribution is 5.83. The molecule has 0 bridgehead atoms. The lowest BCUT2D eigenvalue weighted by Crippen LogP contribution is -2.44. The molecule has 1 fully saturated rings.